The molecular weight excluding hydrogens is 485 g/mol. The number of carbonyl (C=O) groups is 2. The van der Waals surface area contributed by atoms with Gasteiger partial charge in [-0.3, -0.25) is 9.59 Å². The first kappa shape index (κ1) is 24.2. The van der Waals surface area contributed by atoms with E-state index in [0.717, 1.165) is 30.0 Å². The highest BCUT2D eigenvalue weighted by molar-refractivity contribution is 8.01. The van der Waals surface area contributed by atoms with E-state index in [4.69, 9.17) is 0 Å². The molecule has 1 atom stereocenters. The summed E-state index contributed by atoms with van der Waals surface area (Å²) in [4.78, 5) is 24.6. The maximum atomic E-state index is 13.8. The summed E-state index contributed by atoms with van der Waals surface area (Å²) in [7, 11) is 0. The van der Waals surface area contributed by atoms with Gasteiger partial charge in [-0.15, -0.1) is 11.8 Å². The molecule has 0 unspecified atom stereocenters. The van der Waals surface area contributed by atoms with Gasteiger partial charge in [-0.05, 0) is 36.0 Å². The summed E-state index contributed by atoms with van der Waals surface area (Å²) in [5, 5.41) is -1.57. The zero-order valence-electron chi connectivity index (χ0n) is 15.7. The van der Waals surface area contributed by atoms with Gasteiger partial charge in [0, 0.05) is 16.2 Å². The standard InChI is InChI=1S/C19H13F7N2O2S2/c20-17(21,18(22,23)24)19(25,26)32-13-8-4-2-6-11(13)27-15(29)9-14-16(30)28-10-5-1-3-7-12(10)31-14/h1-8,14H,9H2,(H,27,29)(H,28,30)/t14-/m0/s1. The van der Waals surface area contributed by atoms with Crippen molar-refractivity contribution in [2.75, 3.05) is 10.6 Å². The molecule has 1 aliphatic rings. The molecule has 32 heavy (non-hydrogen) atoms. The molecule has 0 saturated heterocycles. The van der Waals surface area contributed by atoms with E-state index < -0.39 is 51.1 Å². The van der Waals surface area contributed by atoms with Crippen molar-refractivity contribution in [2.24, 2.45) is 0 Å². The van der Waals surface area contributed by atoms with Gasteiger partial charge in [0.2, 0.25) is 11.8 Å². The fourth-order valence-corrected chi connectivity index (χ4v) is 4.63. The third kappa shape index (κ3) is 4.98. The number of nitrogens with one attached hydrogen (secondary N) is 2. The Labute approximate surface area is 185 Å². The minimum Gasteiger partial charge on any atom is -0.325 e. The first-order chi connectivity index (χ1) is 14.8. The summed E-state index contributed by atoms with van der Waals surface area (Å²) < 4.78 is 91.2. The molecule has 0 radical (unpaired) electrons. The minimum atomic E-state index is -6.47. The average molecular weight is 498 g/mol. The molecule has 3 rings (SSSR count). The number of hydrogen-bond acceptors (Lipinski definition) is 4. The molecule has 1 heterocycles. The Morgan fingerprint density at radius 1 is 1.00 bits per heavy atom. The molecule has 13 heteroatoms. The van der Waals surface area contributed by atoms with Crippen LogP contribution in [0.2, 0.25) is 0 Å². The molecule has 0 aromatic heterocycles. The van der Waals surface area contributed by atoms with E-state index in [-0.39, 0.29) is 12.1 Å². The van der Waals surface area contributed by atoms with E-state index in [1.54, 1.807) is 24.3 Å². The predicted octanol–water partition coefficient (Wildman–Crippen LogP) is 6.01. The lowest BCUT2D eigenvalue weighted by Gasteiger charge is -2.28. The summed E-state index contributed by atoms with van der Waals surface area (Å²) in [5.41, 5.74) is 0.176. The smallest absolute Gasteiger partial charge is 0.325 e. The van der Waals surface area contributed by atoms with Crippen molar-refractivity contribution in [3.05, 3.63) is 48.5 Å². The van der Waals surface area contributed by atoms with Gasteiger partial charge in [-0.1, -0.05) is 24.3 Å². The largest absolute Gasteiger partial charge is 0.460 e. The van der Waals surface area contributed by atoms with Crippen molar-refractivity contribution in [3.8, 4) is 0 Å². The second kappa shape index (κ2) is 8.85. The molecule has 2 aromatic rings. The second-order valence-electron chi connectivity index (χ2n) is 6.53. The molecule has 2 N–H and O–H groups in total. The molecule has 4 nitrogen and oxygen atoms in total. The van der Waals surface area contributed by atoms with Crippen molar-refractivity contribution in [3.63, 3.8) is 0 Å². The molecule has 172 valence electrons. The molecule has 2 aromatic carbocycles. The van der Waals surface area contributed by atoms with E-state index >= 15 is 0 Å². The Bertz CT molecular complexity index is 1030. The van der Waals surface area contributed by atoms with Gasteiger partial charge in [0.25, 0.3) is 0 Å². The molecule has 2 amide bonds. The lowest BCUT2D eigenvalue weighted by molar-refractivity contribution is -0.330. The number of carbonyl (C=O) groups excluding carboxylic acids is 2. The minimum absolute atomic E-state index is 0.387. The maximum absolute atomic E-state index is 13.8. The number of rotatable bonds is 6. The van der Waals surface area contributed by atoms with Gasteiger partial charge in [-0.2, -0.15) is 30.7 Å². The zero-order valence-corrected chi connectivity index (χ0v) is 17.3. The Hall–Kier alpha value is -2.41. The fourth-order valence-electron chi connectivity index (χ4n) is 2.62. The van der Waals surface area contributed by atoms with Crippen molar-refractivity contribution < 1.29 is 40.3 Å². The molecule has 0 aliphatic carbocycles. The first-order valence-corrected chi connectivity index (χ1v) is 10.5. The molecule has 0 spiro atoms. The Morgan fingerprint density at radius 2 is 1.62 bits per heavy atom. The summed E-state index contributed by atoms with van der Waals surface area (Å²) in [6, 6.07) is 11.2. The van der Waals surface area contributed by atoms with E-state index in [1.165, 1.54) is 6.07 Å². The molecular formula is C19H13F7N2O2S2. The van der Waals surface area contributed by atoms with Crippen LogP contribution in [-0.4, -0.2) is 34.4 Å². The van der Waals surface area contributed by atoms with Crippen molar-refractivity contribution in [2.45, 2.75) is 38.8 Å². The van der Waals surface area contributed by atoms with Crippen LogP contribution in [0.3, 0.4) is 0 Å². The average Bonchev–Trinajstić information content (AvgIpc) is 2.69. The van der Waals surface area contributed by atoms with Crippen molar-refractivity contribution in [1.82, 2.24) is 0 Å². The van der Waals surface area contributed by atoms with Crippen LogP contribution in [0, 0.1) is 0 Å². The number of thioether (sulfide) groups is 2. The third-order valence-corrected chi connectivity index (χ3v) is 6.56. The molecule has 0 bridgehead atoms. The van der Waals surface area contributed by atoms with Crippen LogP contribution in [0.5, 0.6) is 0 Å². The highest BCUT2D eigenvalue weighted by Crippen LogP contribution is 2.54. The van der Waals surface area contributed by atoms with Gasteiger partial charge in [-0.25, -0.2) is 0 Å². The highest BCUT2D eigenvalue weighted by Gasteiger charge is 2.73. The number of para-hydroxylation sites is 2. The van der Waals surface area contributed by atoms with E-state index in [2.05, 4.69) is 10.6 Å². The van der Waals surface area contributed by atoms with Gasteiger partial charge in [0.15, 0.2) is 0 Å². The number of halogens is 7. The molecule has 0 fully saturated rings. The first-order valence-electron chi connectivity index (χ1n) is 8.78. The van der Waals surface area contributed by atoms with E-state index in [0.29, 0.717) is 10.6 Å². The van der Waals surface area contributed by atoms with Crippen LogP contribution in [0.25, 0.3) is 0 Å². The second-order valence-corrected chi connectivity index (χ2v) is 8.93. The topological polar surface area (TPSA) is 58.2 Å². The lowest BCUT2D eigenvalue weighted by Crippen LogP contribution is -2.49. The van der Waals surface area contributed by atoms with Crippen molar-refractivity contribution >= 4 is 46.7 Å². The summed E-state index contributed by atoms with van der Waals surface area (Å²) in [6.07, 6.45) is -6.86. The van der Waals surface area contributed by atoms with Crippen LogP contribution in [-0.2, 0) is 9.59 Å². The predicted molar refractivity (Wildman–Crippen MR) is 106 cm³/mol. The van der Waals surface area contributed by atoms with Crippen LogP contribution in [0.4, 0.5) is 42.1 Å². The van der Waals surface area contributed by atoms with Crippen LogP contribution >= 0.6 is 23.5 Å². The number of benzene rings is 2. The monoisotopic (exact) mass is 498 g/mol. The van der Waals surface area contributed by atoms with Gasteiger partial charge in [0.1, 0.15) is 0 Å². The van der Waals surface area contributed by atoms with Crippen molar-refractivity contribution in [1.29, 1.82) is 0 Å². The number of alkyl halides is 7. The van der Waals surface area contributed by atoms with Crippen LogP contribution < -0.4 is 10.6 Å². The van der Waals surface area contributed by atoms with E-state index in [1.807, 2.05) is 0 Å². The lowest BCUT2D eigenvalue weighted by atomic mass is 10.2. The van der Waals surface area contributed by atoms with Gasteiger partial charge < -0.3 is 10.6 Å². The molecule has 1 aliphatic heterocycles. The highest BCUT2D eigenvalue weighted by atomic mass is 32.2. The number of fused-ring (bicyclic) bond motifs is 1. The normalized spacial score (nSPS) is 16.8. The van der Waals surface area contributed by atoms with Gasteiger partial charge in [0.05, 0.1) is 16.6 Å². The SMILES string of the molecule is O=C(C[C@@H]1Sc2ccccc2NC1=O)Nc1ccccc1SC(F)(F)C(F)(F)C(F)(F)F. The quantitative estimate of drug-likeness (QED) is 0.378. The van der Waals surface area contributed by atoms with E-state index in [9.17, 15) is 40.3 Å². The number of anilines is 2. The fraction of sp³-hybridized carbons (Fsp3) is 0.263. The maximum Gasteiger partial charge on any atom is 0.460 e. The number of hydrogen-bond donors (Lipinski definition) is 2. The summed E-state index contributed by atoms with van der Waals surface area (Å²) in [6.45, 7) is 0. The third-order valence-electron chi connectivity index (χ3n) is 4.20. The Balaban J connectivity index is 1.73. The summed E-state index contributed by atoms with van der Waals surface area (Å²) in [5.74, 6) is -7.58. The number of amides is 2. The Morgan fingerprint density at radius 3 is 2.31 bits per heavy atom. The summed E-state index contributed by atoms with van der Waals surface area (Å²) >= 11 is 0.0851. The zero-order chi connectivity index (χ0) is 23.7. The van der Waals surface area contributed by atoms with Gasteiger partial charge >= 0.3 is 17.4 Å². The van der Waals surface area contributed by atoms with Crippen LogP contribution in [0.1, 0.15) is 6.42 Å². The Kier molecular flexibility index (Phi) is 6.70. The van der Waals surface area contributed by atoms with Crippen LogP contribution in [0.15, 0.2) is 58.3 Å². The molecule has 0 saturated carbocycles.